The second kappa shape index (κ2) is 6.72. The fourth-order valence-electron chi connectivity index (χ4n) is 3.97. The van der Waals surface area contributed by atoms with Gasteiger partial charge in [-0.2, -0.15) is 0 Å². The van der Waals surface area contributed by atoms with E-state index in [-0.39, 0.29) is 18.0 Å². The average Bonchev–Trinajstić information content (AvgIpc) is 3.37. The van der Waals surface area contributed by atoms with E-state index >= 15 is 0 Å². The minimum atomic E-state index is -0.570. The summed E-state index contributed by atoms with van der Waals surface area (Å²) in [5.41, 5.74) is 2.39. The lowest BCUT2D eigenvalue weighted by Crippen LogP contribution is -2.47. The van der Waals surface area contributed by atoms with E-state index in [0.29, 0.717) is 31.2 Å². The topological polar surface area (TPSA) is 82.7 Å². The summed E-state index contributed by atoms with van der Waals surface area (Å²) in [7, 11) is 0. The van der Waals surface area contributed by atoms with Crippen LogP contribution in [0, 0.1) is 0 Å². The summed E-state index contributed by atoms with van der Waals surface area (Å²) in [6.07, 6.45) is 1.46. The summed E-state index contributed by atoms with van der Waals surface area (Å²) in [4.78, 5) is 17.1. The number of anilines is 1. The molecule has 0 aliphatic carbocycles. The van der Waals surface area contributed by atoms with E-state index in [9.17, 15) is 9.90 Å². The standard InChI is InChI=1S/C19H24N4O3/c1-3-17-20-21-18(26-17)16-10-14(24)11-23(16)19(25)12(2)22-9-8-13-6-4-5-7-15(13)22/h4-7,12,14,16,24H,3,8-11H2,1-2H3/t12?,14-,16-/m1/s1. The van der Waals surface area contributed by atoms with E-state index in [1.54, 1.807) is 4.90 Å². The van der Waals surface area contributed by atoms with Crippen LogP contribution < -0.4 is 4.90 Å². The Labute approximate surface area is 152 Å². The van der Waals surface area contributed by atoms with E-state index < -0.39 is 6.10 Å². The van der Waals surface area contributed by atoms with Gasteiger partial charge < -0.3 is 19.3 Å². The van der Waals surface area contributed by atoms with Gasteiger partial charge in [-0.15, -0.1) is 10.2 Å². The molecule has 1 amide bonds. The van der Waals surface area contributed by atoms with Gasteiger partial charge in [-0.25, -0.2) is 0 Å². The second-order valence-corrected chi connectivity index (χ2v) is 7.03. The van der Waals surface area contributed by atoms with E-state index in [0.717, 1.165) is 18.7 Å². The molecule has 7 nitrogen and oxygen atoms in total. The molecule has 0 saturated carbocycles. The molecule has 0 radical (unpaired) electrons. The van der Waals surface area contributed by atoms with Crippen molar-refractivity contribution in [2.45, 2.75) is 51.3 Å². The zero-order valence-electron chi connectivity index (χ0n) is 15.1. The molecular weight excluding hydrogens is 332 g/mol. The Morgan fingerprint density at radius 1 is 1.38 bits per heavy atom. The number of benzene rings is 1. The number of likely N-dealkylation sites (tertiary alicyclic amines) is 1. The zero-order chi connectivity index (χ0) is 18.3. The third-order valence-corrected chi connectivity index (χ3v) is 5.38. The molecule has 3 atom stereocenters. The van der Waals surface area contributed by atoms with Gasteiger partial charge in [-0.3, -0.25) is 4.79 Å². The molecule has 4 rings (SSSR count). The number of carbonyl (C=O) groups is 1. The molecule has 0 spiro atoms. The van der Waals surface area contributed by atoms with Gasteiger partial charge in [0.2, 0.25) is 17.7 Å². The number of aliphatic hydroxyl groups excluding tert-OH is 1. The zero-order valence-corrected chi connectivity index (χ0v) is 15.1. The lowest BCUT2D eigenvalue weighted by molar-refractivity contribution is -0.133. The quantitative estimate of drug-likeness (QED) is 0.898. The maximum Gasteiger partial charge on any atom is 0.245 e. The fourth-order valence-corrected chi connectivity index (χ4v) is 3.97. The molecule has 138 valence electrons. The van der Waals surface area contributed by atoms with Crippen LogP contribution in [0.1, 0.15) is 43.7 Å². The SMILES string of the molecule is CCc1nnc([C@H]2C[C@@H](O)CN2C(=O)C(C)N2CCc3ccccc32)o1. The van der Waals surface area contributed by atoms with Crippen LogP contribution in [0.15, 0.2) is 28.7 Å². The molecule has 1 saturated heterocycles. The van der Waals surface area contributed by atoms with Crippen LogP contribution in [0.4, 0.5) is 5.69 Å². The van der Waals surface area contributed by atoms with Crippen molar-refractivity contribution in [3.8, 4) is 0 Å². The number of aromatic nitrogens is 2. The third-order valence-electron chi connectivity index (χ3n) is 5.38. The number of amides is 1. The highest BCUT2D eigenvalue weighted by atomic mass is 16.4. The lowest BCUT2D eigenvalue weighted by atomic mass is 10.1. The summed E-state index contributed by atoms with van der Waals surface area (Å²) in [5, 5.41) is 18.2. The van der Waals surface area contributed by atoms with Crippen molar-refractivity contribution in [2.75, 3.05) is 18.0 Å². The van der Waals surface area contributed by atoms with Crippen LogP contribution in [0.5, 0.6) is 0 Å². The van der Waals surface area contributed by atoms with Gasteiger partial charge in [-0.05, 0) is 25.0 Å². The lowest BCUT2D eigenvalue weighted by Gasteiger charge is -2.31. The van der Waals surface area contributed by atoms with Crippen molar-refractivity contribution < 1.29 is 14.3 Å². The first-order valence-corrected chi connectivity index (χ1v) is 9.23. The van der Waals surface area contributed by atoms with Crippen LogP contribution in [-0.4, -0.2) is 51.3 Å². The molecule has 2 aliphatic rings. The summed E-state index contributed by atoms with van der Waals surface area (Å²) in [6.45, 7) is 5.00. The van der Waals surface area contributed by atoms with E-state index in [4.69, 9.17) is 4.42 Å². The highest BCUT2D eigenvalue weighted by molar-refractivity contribution is 5.86. The number of nitrogens with zero attached hydrogens (tertiary/aromatic N) is 4. The smallest absolute Gasteiger partial charge is 0.245 e. The monoisotopic (exact) mass is 356 g/mol. The number of aliphatic hydroxyl groups is 1. The van der Waals surface area contributed by atoms with Gasteiger partial charge in [0.1, 0.15) is 12.1 Å². The van der Waals surface area contributed by atoms with Gasteiger partial charge >= 0.3 is 0 Å². The number of rotatable bonds is 4. The number of β-amino-alcohol motifs (C(OH)–C–C–N with tert-alkyl or cyclic N) is 1. The molecule has 1 aromatic carbocycles. The number of hydrogen-bond donors (Lipinski definition) is 1. The van der Waals surface area contributed by atoms with Gasteiger partial charge in [0.15, 0.2) is 0 Å². The summed E-state index contributed by atoms with van der Waals surface area (Å²) in [5.74, 6) is 0.954. The van der Waals surface area contributed by atoms with Crippen molar-refractivity contribution in [2.24, 2.45) is 0 Å². The van der Waals surface area contributed by atoms with Crippen molar-refractivity contribution in [1.29, 1.82) is 0 Å². The van der Waals surface area contributed by atoms with Gasteiger partial charge in [0, 0.05) is 31.6 Å². The summed E-state index contributed by atoms with van der Waals surface area (Å²) in [6, 6.07) is 7.54. The van der Waals surface area contributed by atoms with E-state index in [2.05, 4.69) is 27.2 Å². The molecule has 2 aliphatic heterocycles. The second-order valence-electron chi connectivity index (χ2n) is 7.03. The van der Waals surface area contributed by atoms with Crippen LogP contribution in [0.2, 0.25) is 0 Å². The molecule has 1 aromatic heterocycles. The molecular formula is C19H24N4O3. The van der Waals surface area contributed by atoms with Crippen LogP contribution in [0.25, 0.3) is 0 Å². The Morgan fingerprint density at radius 3 is 2.96 bits per heavy atom. The predicted molar refractivity (Wildman–Crippen MR) is 95.7 cm³/mol. The maximum absolute atomic E-state index is 13.2. The largest absolute Gasteiger partial charge is 0.423 e. The first-order chi connectivity index (χ1) is 12.6. The minimum absolute atomic E-state index is 0.0144. The highest BCUT2D eigenvalue weighted by Gasteiger charge is 2.41. The predicted octanol–water partition coefficient (Wildman–Crippen LogP) is 1.72. The fraction of sp³-hybridized carbons (Fsp3) is 0.526. The Morgan fingerprint density at radius 2 is 2.19 bits per heavy atom. The molecule has 1 fully saturated rings. The van der Waals surface area contributed by atoms with Gasteiger partial charge in [0.05, 0.1) is 6.10 Å². The Kier molecular flexibility index (Phi) is 4.40. The van der Waals surface area contributed by atoms with Crippen molar-refractivity contribution in [3.63, 3.8) is 0 Å². The number of hydrogen-bond acceptors (Lipinski definition) is 6. The molecule has 3 heterocycles. The van der Waals surface area contributed by atoms with Crippen LogP contribution >= 0.6 is 0 Å². The molecule has 7 heteroatoms. The Hall–Kier alpha value is -2.41. The molecule has 1 N–H and O–H groups in total. The average molecular weight is 356 g/mol. The van der Waals surface area contributed by atoms with Gasteiger partial charge in [-0.1, -0.05) is 25.1 Å². The maximum atomic E-state index is 13.2. The Bertz CT molecular complexity index is 806. The number of carbonyl (C=O) groups excluding carboxylic acids is 1. The third kappa shape index (κ3) is 2.86. The molecule has 1 unspecified atom stereocenters. The normalized spacial score (nSPS) is 23.3. The molecule has 26 heavy (non-hydrogen) atoms. The van der Waals surface area contributed by atoms with E-state index in [1.807, 2.05) is 26.0 Å². The number of para-hydroxylation sites is 1. The minimum Gasteiger partial charge on any atom is -0.423 e. The highest BCUT2D eigenvalue weighted by Crippen LogP contribution is 2.34. The number of fused-ring (bicyclic) bond motifs is 1. The first kappa shape index (κ1) is 17.0. The van der Waals surface area contributed by atoms with Gasteiger partial charge in [0.25, 0.3) is 0 Å². The van der Waals surface area contributed by atoms with E-state index in [1.165, 1.54) is 5.56 Å². The van der Waals surface area contributed by atoms with Crippen molar-refractivity contribution in [3.05, 3.63) is 41.6 Å². The van der Waals surface area contributed by atoms with Crippen molar-refractivity contribution >= 4 is 11.6 Å². The summed E-state index contributed by atoms with van der Waals surface area (Å²) < 4.78 is 5.67. The molecule has 0 bridgehead atoms. The Balaban J connectivity index is 1.56. The summed E-state index contributed by atoms with van der Waals surface area (Å²) >= 11 is 0. The molecule has 2 aromatic rings. The van der Waals surface area contributed by atoms with Crippen LogP contribution in [-0.2, 0) is 17.6 Å². The number of aryl methyl sites for hydroxylation is 1. The van der Waals surface area contributed by atoms with Crippen LogP contribution in [0.3, 0.4) is 0 Å². The first-order valence-electron chi connectivity index (χ1n) is 9.23. The van der Waals surface area contributed by atoms with Crippen molar-refractivity contribution in [1.82, 2.24) is 15.1 Å².